The third kappa shape index (κ3) is 5.21. The van der Waals surface area contributed by atoms with E-state index in [1.54, 1.807) is 6.07 Å². The molecule has 98 valence electrons. The molecule has 1 aromatic carbocycles. The van der Waals surface area contributed by atoms with Crippen molar-refractivity contribution in [3.05, 3.63) is 29.3 Å². The molecule has 0 bridgehead atoms. The molecule has 0 aromatic heterocycles. The number of sulfone groups is 1. The first-order valence-electron chi connectivity index (χ1n) is 5.52. The van der Waals surface area contributed by atoms with Crippen molar-refractivity contribution in [1.29, 1.82) is 0 Å². The SMILES string of the molecule is Cc1cc(C#CCN)ccc1OCCS(C)(=O)=O. The van der Waals surface area contributed by atoms with E-state index in [1.165, 1.54) is 6.26 Å². The van der Waals surface area contributed by atoms with Gasteiger partial charge < -0.3 is 10.5 Å². The Morgan fingerprint density at radius 3 is 2.67 bits per heavy atom. The van der Waals surface area contributed by atoms with E-state index in [0.29, 0.717) is 12.3 Å². The van der Waals surface area contributed by atoms with Gasteiger partial charge in [-0.2, -0.15) is 0 Å². The Kier molecular flexibility index (Phi) is 5.20. The molecule has 5 heteroatoms. The zero-order chi connectivity index (χ0) is 13.6. The van der Waals surface area contributed by atoms with Crippen LogP contribution in [0.5, 0.6) is 5.75 Å². The van der Waals surface area contributed by atoms with Crippen LogP contribution in [-0.4, -0.2) is 33.6 Å². The molecule has 0 aliphatic carbocycles. The summed E-state index contributed by atoms with van der Waals surface area (Å²) in [7, 11) is -2.99. The van der Waals surface area contributed by atoms with Crippen LogP contribution in [0.15, 0.2) is 18.2 Å². The minimum absolute atomic E-state index is 0.0151. The van der Waals surface area contributed by atoms with Gasteiger partial charge in [0.05, 0.1) is 12.3 Å². The highest BCUT2D eigenvalue weighted by atomic mass is 32.2. The van der Waals surface area contributed by atoms with Gasteiger partial charge in [-0.3, -0.25) is 0 Å². The highest BCUT2D eigenvalue weighted by Gasteiger charge is 2.04. The zero-order valence-electron chi connectivity index (χ0n) is 10.6. The van der Waals surface area contributed by atoms with Crippen molar-refractivity contribution < 1.29 is 13.2 Å². The maximum Gasteiger partial charge on any atom is 0.150 e. The number of benzene rings is 1. The second-order valence-electron chi connectivity index (χ2n) is 3.96. The molecule has 2 N–H and O–H groups in total. The zero-order valence-corrected chi connectivity index (χ0v) is 11.4. The van der Waals surface area contributed by atoms with Crippen LogP contribution < -0.4 is 10.5 Å². The number of aryl methyl sites for hydroxylation is 1. The van der Waals surface area contributed by atoms with E-state index < -0.39 is 9.84 Å². The van der Waals surface area contributed by atoms with Gasteiger partial charge in [0.2, 0.25) is 0 Å². The summed E-state index contributed by atoms with van der Waals surface area (Å²) in [6.45, 7) is 2.38. The summed E-state index contributed by atoms with van der Waals surface area (Å²) < 4.78 is 27.4. The molecule has 0 aliphatic heterocycles. The Bertz CT molecular complexity index is 568. The molecular formula is C13H17NO3S. The van der Waals surface area contributed by atoms with Crippen molar-refractivity contribution in [2.75, 3.05) is 25.2 Å². The minimum Gasteiger partial charge on any atom is -0.492 e. The van der Waals surface area contributed by atoms with Crippen molar-refractivity contribution >= 4 is 9.84 Å². The Labute approximate surface area is 108 Å². The second-order valence-corrected chi connectivity index (χ2v) is 6.22. The molecule has 0 heterocycles. The van der Waals surface area contributed by atoms with E-state index in [4.69, 9.17) is 10.5 Å². The maximum atomic E-state index is 11.0. The summed E-state index contributed by atoms with van der Waals surface area (Å²) in [4.78, 5) is 0. The predicted octanol–water partition coefficient (Wildman–Crippen LogP) is 0.729. The van der Waals surface area contributed by atoms with Crippen molar-refractivity contribution in [1.82, 2.24) is 0 Å². The summed E-state index contributed by atoms with van der Waals surface area (Å²) in [6, 6.07) is 5.50. The van der Waals surface area contributed by atoms with Crippen LogP contribution in [0.3, 0.4) is 0 Å². The van der Waals surface area contributed by atoms with Crippen LogP contribution in [0.2, 0.25) is 0 Å². The summed E-state index contributed by atoms with van der Waals surface area (Å²) in [6.07, 6.45) is 1.19. The van der Waals surface area contributed by atoms with E-state index in [0.717, 1.165) is 11.1 Å². The van der Waals surface area contributed by atoms with Gasteiger partial charge >= 0.3 is 0 Å². The topological polar surface area (TPSA) is 69.4 Å². The van der Waals surface area contributed by atoms with Crippen LogP contribution in [0.1, 0.15) is 11.1 Å². The quantitative estimate of drug-likeness (QED) is 0.816. The minimum atomic E-state index is -2.99. The molecule has 0 radical (unpaired) electrons. The number of rotatable bonds is 4. The van der Waals surface area contributed by atoms with E-state index >= 15 is 0 Å². The first-order chi connectivity index (χ1) is 8.42. The van der Waals surface area contributed by atoms with Gasteiger partial charge in [0.1, 0.15) is 12.4 Å². The normalized spacial score (nSPS) is 10.6. The monoisotopic (exact) mass is 267 g/mol. The molecule has 0 saturated carbocycles. The van der Waals surface area contributed by atoms with E-state index in [1.807, 2.05) is 19.1 Å². The van der Waals surface area contributed by atoms with E-state index in [-0.39, 0.29) is 12.4 Å². The summed E-state index contributed by atoms with van der Waals surface area (Å²) >= 11 is 0. The molecule has 0 saturated heterocycles. The van der Waals surface area contributed by atoms with E-state index in [2.05, 4.69) is 11.8 Å². The van der Waals surface area contributed by atoms with Crippen molar-refractivity contribution in [2.45, 2.75) is 6.92 Å². The van der Waals surface area contributed by atoms with Crippen LogP contribution in [0.4, 0.5) is 0 Å². The second kappa shape index (κ2) is 6.43. The maximum absolute atomic E-state index is 11.0. The lowest BCUT2D eigenvalue weighted by Gasteiger charge is -2.08. The lowest BCUT2D eigenvalue weighted by molar-refractivity contribution is 0.338. The first-order valence-corrected chi connectivity index (χ1v) is 7.58. The largest absolute Gasteiger partial charge is 0.492 e. The van der Waals surface area contributed by atoms with Crippen LogP contribution >= 0.6 is 0 Å². The number of hydrogen-bond acceptors (Lipinski definition) is 4. The fraction of sp³-hybridized carbons (Fsp3) is 0.385. The summed E-state index contributed by atoms with van der Waals surface area (Å²) in [5.74, 6) is 6.39. The molecule has 0 fully saturated rings. The molecule has 0 spiro atoms. The Balaban J connectivity index is 2.68. The molecule has 4 nitrogen and oxygen atoms in total. The Morgan fingerprint density at radius 2 is 2.11 bits per heavy atom. The number of nitrogens with two attached hydrogens (primary N) is 1. The van der Waals surface area contributed by atoms with Gasteiger partial charge in [0.15, 0.2) is 9.84 Å². The van der Waals surface area contributed by atoms with E-state index in [9.17, 15) is 8.42 Å². The molecule has 0 atom stereocenters. The molecule has 0 aliphatic rings. The van der Waals surface area contributed by atoms with Gasteiger partial charge in [-0.1, -0.05) is 11.8 Å². The van der Waals surface area contributed by atoms with Crippen LogP contribution in [0.25, 0.3) is 0 Å². The van der Waals surface area contributed by atoms with Crippen molar-refractivity contribution in [2.24, 2.45) is 5.73 Å². The summed E-state index contributed by atoms with van der Waals surface area (Å²) in [5, 5.41) is 0. The highest BCUT2D eigenvalue weighted by Crippen LogP contribution is 2.18. The van der Waals surface area contributed by atoms with Crippen LogP contribution in [-0.2, 0) is 9.84 Å². The van der Waals surface area contributed by atoms with Crippen molar-refractivity contribution in [3.63, 3.8) is 0 Å². The predicted molar refractivity (Wildman–Crippen MR) is 72.3 cm³/mol. The van der Waals surface area contributed by atoms with Gasteiger partial charge in [-0.15, -0.1) is 0 Å². The molecule has 0 unspecified atom stereocenters. The third-order valence-corrected chi connectivity index (χ3v) is 3.13. The van der Waals surface area contributed by atoms with Gasteiger partial charge in [-0.25, -0.2) is 8.42 Å². The summed E-state index contributed by atoms with van der Waals surface area (Å²) in [5.41, 5.74) is 7.09. The van der Waals surface area contributed by atoms with Gasteiger partial charge in [0.25, 0.3) is 0 Å². The number of ether oxygens (including phenoxy) is 1. The molecular weight excluding hydrogens is 250 g/mol. The Morgan fingerprint density at radius 1 is 1.39 bits per heavy atom. The van der Waals surface area contributed by atoms with Crippen LogP contribution in [0, 0.1) is 18.8 Å². The molecule has 18 heavy (non-hydrogen) atoms. The average molecular weight is 267 g/mol. The Hall–Kier alpha value is -1.51. The average Bonchev–Trinajstić information content (AvgIpc) is 2.27. The lowest BCUT2D eigenvalue weighted by atomic mass is 10.1. The third-order valence-electron chi connectivity index (χ3n) is 2.22. The van der Waals surface area contributed by atoms with Crippen molar-refractivity contribution in [3.8, 4) is 17.6 Å². The standard InChI is InChI=1S/C13H17NO3S/c1-11-10-12(4-3-7-14)5-6-13(11)17-8-9-18(2,15)16/h5-6,10H,7-9,14H2,1-2H3. The van der Waals surface area contributed by atoms with Gasteiger partial charge in [0, 0.05) is 11.8 Å². The molecule has 1 aromatic rings. The highest BCUT2D eigenvalue weighted by molar-refractivity contribution is 7.90. The first kappa shape index (κ1) is 14.6. The fourth-order valence-electron chi connectivity index (χ4n) is 1.35. The number of hydrogen-bond donors (Lipinski definition) is 1. The smallest absolute Gasteiger partial charge is 0.150 e. The van der Waals surface area contributed by atoms with Gasteiger partial charge in [-0.05, 0) is 30.7 Å². The fourth-order valence-corrected chi connectivity index (χ4v) is 1.73. The molecule has 1 rings (SSSR count). The molecule has 0 amide bonds. The lowest BCUT2D eigenvalue weighted by Crippen LogP contribution is -2.12.